The highest BCUT2D eigenvalue weighted by Crippen LogP contribution is 2.30. The van der Waals surface area contributed by atoms with Crippen molar-refractivity contribution in [2.45, 2.75) is 248 Å². The minimum Gasteiger partial charge on any atom is -0.394 e. The van der Waals surface area contributed by atoms with Gasteiger partial charge in [0, 0.05) is 6.42 Å². The standard InChI is InChI=1S/C63H103NO13/c1-3-5-7-9-11-13-14-15-16-17-18-19-20-21-22-23-24-25-26-27-28-29-30-31-32-33-34-35-36-37-38-39-41-43-45-47-55(68)64-51(52(67)46-44-42-40-12-10-8-6-4-2)50-74-62-60(73)58(71)61(54(49-66)76-62)77-63-59(72)57(70)56(69)53(48-65)75-63/h5,7,11,13,15-16,18-19,21-22,24-25,27-28,30-31,33-34,44,46,51-54,56-63,65-67,69-73H,3-4,6,8-10,12,14,17,20,23,26,29,32,35-43,45,47-50H2,1-2H3,(H,64,68)/b7-5-,13-11-,16-15-,19-18-,22-21-,25-24-,28-27-,31-30-,34-33-,46-44+. The smallest absolute Gasteiger partial charge is 0.220 e. The molecule has 0 radical (unpaired) electrons. The fourth-order valence-electron chi connectivity index (χ4n) is 8.69. The third-order valence-electron chi connectivity index (χ3n) is 13.4. The van der Waals surface area contributed by atoms with Gasteiger partial charge in [0.25, 0.3) is 0 Å². The molecule has 14 heteroatoms. The number of allylic oxidation sites excluding steroid dienone is 19. The summed E-state index contributed by atoms with van der Waals surface area (Å²) >= 11 is 0. The van der Waals surface area contributed by atoms with E-state index < -0.39 is 86.8 Å². The summed E-state index contributed by atoms with van der Waals surface area (Å²) in [6.07, 6.45) is 51.3. The molecule has 0 aromatic rings. The predicted octanol–water partition coefficient (Wildman–Crippen LogP) is 9.83. The molecule has 2 aliphatic rings. The molecule has 2 fully saturated rings. The van der Waals surface area contributed by atoms with E-state index in [2.05, 4.69) is 129 Å². The fraction of sp³-hybridized carbons (Fsp3) is 0.667. The Bertz CT molecular complexity index is 1750. The van der Waals surface area contributed by atoms with Crippen molar-refractivity contribution < 1.29 is 64.6 Å². The maximum absolute atomic E-state index is 13.2. The first-order valence-corrected chi connectivity index (χ1v) is 29.3. The van der Waals surface area contributed by atoms with Crippen molar-refractivity contribution in [2.75, 3.05) is 19.8 Å². The Morgan fingerprint density at radius 3 is 1.38 bits per heavy atom. The number of hydrogen-bond acceptors (Lipinski definition) is 13. The molecule has 9 N–H and O–H groups in total. The molecule has 438 valence electrons. The summed E-state index contributed by atoms with van der Waals surface area (Å²) < 4.78 is 22.7. The molecule has 12 atom stereocenters. The predicted molar refractivity (Wildman–Crippen MR) is 308 cm³/mol. The largest absolute Gasteiger partial charge is 0.394 e. The lowest BCUT2D eigenvalue weighted by molar-refractivity contribution is -0.359. The molecule has 0 bridgehead atoms. The molecule has 0 saturated carbocycles. The lowest BCUT2D eigenvalue weighted by Gasteiger charge is -2.46. The molecule has 0 spiro atoms. The Morgan fingerprint density at radius 1 is 0.481 bits per heavy atom. The summed E-state index contributed by atoms with van der Waals surface area (Å²) in [7, 11) is 0. The normalized spacial score (nSPS) is 25.6. The van der Waals surface area contributed by atoms with Gasteiger partial charge >= 0.3 is 0 Å². The van der Waals surface area contributed by atoms with Gasteiger partial charge in [-0.15, -0.1) is 0 Å². The third-order valence-corrected chi connectivity index (χ3v) is 13.4. The van der Waals surface area contributed by atoms with Crippen LogP contribution in [0.15, 0.2) is 122 Å². The second-order valence-corrected chi connectivity index (χ2v) is 20.0. The Hall–Kier alpha value is -3.61. The zero-order valence-electron chi connectivity index (χ0n) is 46.9. The summed E-state index contributed by atoms with van der Waals surface area (Å²) in [5.41, 5.74) is 0. The van der Waals surface area contributed by atoms with Crippen LogP contribution in [0.25, 0.3) is 0 Å². The number of amides is 1. The van der Waals surface area contributed by atoms with E-state index >= 15 is 0 Å². The SMILES string of the molecule is CC/C=C\C/C=C\C/C=C\C/C=C\C/C=C\C/C=C\C/C=C\C/C=C\C/C=C\CCCCCCCCCC(=O)NC(COC1OC(CO)C(OC2OC(CO)C(O)C(O)C2O)C(O)C1O)C(O)/C=C/CCCCCCCC. The minimum atomic E-state index is -1.79. The summed E-state index contributed by atoms with van der Waals surface area (Å²) in [4.78, 5) is 13.2. The highest BCUT2D eigenvalue weighted by molar-refractivity contribution is 5.76. The summed E-state index contributed by atoms with van der Waals surface area (Å²) in [6, 6.07) is -0.927. The molecular weight excluding hydrogens is 979 g/mol. The van der Waals surface area contributed by atoms with Gasteiger partial charge in [-0.1, -0.05) is 200 Å². The Labute approximate surface area is 463 Å². The number of carbonyl (C=O) groups excluding carboxylic acids is 1. The molecule has 2 heterocycles. The number of aliphatic hydroxyl groups is 8. The van der Waals surface area contributed by atoms with Crippen molar-refractivity contribution in [3.63, 3.8) is 0 Å². The van der Waals surface area contributed by atoms with Gasteiger partial charge in [-0.2, -0.15) is 0 Å². The quantitative estimate of drug-likeness (QED) is 0.0205. The lowest BCUT2D eigenvalue weighted by Crippen LogP contribution is -2.65. The lowest BCUT2D eigenvalue weighted by atomic mass is 9.97. The molecule has 77 heavy (non-hydrogen) atoms. The van der Waals surface area contributed by atoms with Gasteiger partial charge in [-0.05, 0) is 89.9 Å². The third kappa shape index (κ3) is 32.9. The first kappa shape index (κ1) is 69.5. The molecule has 2 aliphatic heterocycles. The van der Waals surface area contributed by atoms with Crippen molar-refractivity contribution in [3.05, 3.63) is 122 Å². The second kappa shape index (κ2) is 47.2. The average molecular weight is 1080 g/mol. The zero-order chi connectivity index (χ0) is 56.0. The number of carbonyl (C=O) groups is 1. The van der Waals surface area contributed by atoms with Crippen LogP contribution in [0.2, 0.25) is 0 Å². The van der Waals surface area contributed by atoms with Crippen LogP contribution < -0.4 is 5.32 Å². The van der Waals surface area contributed by atoms with Crippen molar-refractivity contribution in [1.29, 1.82) is 0 Å². The molecule has 2 rings (SSSR count). The number of unbranched alkanes of at least 4 members (excludes halogenated alkanes) is 13. The van der Waals surface area contributed by atoms with Crippen LogP contribution in [0, 0.1) is 0 Å². The molecule has 0 aliphatic carbocycles. The molecule has 0 aromatic carbocycles. The zero-order valence-corrected chi connectivity index (χ0v) is 46.9. The molecule has 2 saturated heterocycles. The van der Waals surface area contributed by atoms with E-state index in [1.54, 1.807) is 6.08 Å². The van der Waals surface area contributed by atoms with Gasteiger partial charge in [0.2, 0.25) is 5.91 Å². The maximum Gasteiger partial charge on any atom is 0.220 e. The van der Waals surface area contributed by atoms with E-state index in [0.29, 0.717) is 6.42 Å². The Kier molecular flexibility index (Phi) is 42.6. The molecule has 1 amide bonds. The first-order chi connectivity index (χ1) is 37.6. The van der Waals surface area contributed by atoms with Crippen LogP contribution >= 0.6 is 0 Å². The van der Waals surface area contributed by atoms with Gasteiger partial charge in [-0.25, -0.2) is 0 Å². The molecular formula is C63H103NO13. The first-order valence-electron chi connectivity index (χ1n) is 29.3. The van der Waals surface area contributed by atoms with Gasteiger partial charge in [0.05, 0.1) is 32.0 Å². The number of rotatable bonds is 44. The maximum atomic E-state index is 13.2. The van der Waals surface area contributed by atoms with Gasteiger partial charge < -0.3 is 65.1 Å². The number of hydrogen-bond donors (Lipinski definition) is 9. The van der Waals surface area contributed by atoms with E-state index in [4.69, 9.17) is 18.9 Å². The topological polar surface area (TPSA) is 228 Å². The van der Waals surface area contributed by atoms with E-state index in [1.807, 2.05) is 6.08 Å². The van der Waals surface area contributed by atoms with E-state index in [1.165, 1.54) is 19.3 Å². The average Bonchev–Trinajstić information content (AvgIpc) is 3.44. The minimum absolute atomic E-state index is 0.259. The number of nitrogens with one attached hydrogen (secondary N) is 1. The van der Waals surface area contributed by atoms with Crippen molar-refractivity contribution >= 4 is 5.91 Å². The van der Waals surface area contributed by atoms with Crippen LogP contribution in [0.1, 0.15) is 174 Å². The number of aliphatic hydroxyl groups excluding tert-OH is 8. The van der Waals surface area contributed by atoms with Crippen LogP contribution in [0.5, 0.6) is 0 Å². The second-order valence-electron chi connectivity index (χ2n) is 20.0. The van der Waals surface area contributed by atoms with E-state index in [9.17, 15) is 45.6 Å². The van der Waals surface area contributed by atoms with Crippen LogP contribution in [0.3, 0.4) is 0 Å². The van der Waals surface area contributed by atoms with Crippen LogP contribution in [-0.2, 0) is 23.7 Å². The fourth-order valence-corrected chi connectivity index (χ4v) is 8.69. The van der Waals surface area contributed by atoms with Crippen molar-refractivity contribution in [2.24, 2.45) is 0 Å². The van der Waals surface area contributed by atoms with Crippen molar-refractivity contribution in [3.8, 4) is 0 Å². The summed E-state index contributed by atoms with van der Waals surface area (Å²) in [6.45, 7) is 2.59. The molecule has 0 aromatic heterocycles. The highest BCUT2D eigenvalue weighted by atomic mass is 16.7. The van der Waals surface area contributed by atoms with Crippen LogP contribution in [0.4, 0.5) is 0 Å². The molecule has 12 unspecified atom stereocenters. The summed E-state index contributed by atoms with van der Waals surface area (Å²) in [5, 5.41) is 86.7. The van der Waals surface area contributed by atoms with Gasteiger partial charge in [0.15, 0.2) is 12.6 Å². The summed E-state index contributed by atoms with van der Waals surface area (Å²) in [5.74, 6) is -0.261. The number of ether oxygens (including phenoxy) is 4. The Balaban J connectivity index is 1.64. The van der Waals surface area contributed by atoms with Gasteiger partial charge in [0.1, 0.15) is 48.8 Å². The van der Waals surface area contributed by atoms with Gasteiger partial charge in [-0.3, -0.25) is 4.79 Å². The van der Waals surface area contributed by atoms with Crippen molar-refractivity contribution in [1.82, 2.24) is 5.32 Å². The van der Waals surface area contributed by atoms with E-state index in [-0.39, 0.29) is 18.9 Å². The van der Waals surface area contributed by atoms with Crippen LogP contribution in [-0.4, -0.2) is 140 Å². The van der Waals surface area contributed by atoms with E-state index in [0.717, 1.165) is 128 Å². The monoisotopic (exact) mass is 1080 g/mol. The highest BCUT2D eigenvalue weighted by Gasteiger charge is 2.51. The Morgan fingerprint density at radius 2 is 0.896 bits per heavy atom. The molecule has 14 nitrogen and oxygen atoms in total.